The van der Waals surface area contributed by atoms with Crippen LogP contribution in [0.2, 0.25) is 0 Å². The van der Waals surface area contributed by atoms with Crippen LogP contribution in [-0.4, -0.2) is 26.6 Å². The van der Waals surface area contributed by atoms with Crippen LogP contribution in [0.5, 0.6) is 23.1 Å². The molecule has 0 bridgehead atoms. The van der Waals surface area contributed by atoms with Gasteiger partial charge >= 0.3 is 5.69 Å². The van der Waals surface area contributed by atoms with Crippen LogP contribution in [0, 0.1) is 5.82 Å². The first-order valence-electron chi connectivity index (χ1n) is 10.2. The summed E-state index contributed by atoms with van der Waals surface area (Å²) >= 11 is 0. The number of aromatic nitrogens is 4. The van der Waals surface area contributed by atoms with Gasteiger partial charge in [-0.3, -0.25) is 4.57 Å². The van der Waals surface area contributed by atoms with E-state index in [2.05, 4.69) is 15.0 Å². The lowest BCUT2D eigenvalue weighted by molar-refractivity contribution is 0.290. The van der Waals surface area contributed by atoms with Gasteiger partial charge < -0.3 is 14.2 Å². The van der Waals surface area contributed by atoms with Gasteiger partial charge in [0.15, 0.2) is 17.3 Å². The Bertz CT molecular complexity index is 1370. The molecule has 0 amide bonds. The Morgan fingerprint density at radius 1 is 1.06 bits per heavy atom. The van der Waals surface area contributed by atoms with Gasteiger partial charge in [-0.1, -0.05) is 6.07 Å². The lowest BCUT2D eigenvalue weighted by Crippen LogP contribution is -2.28. The molecule has 0 fully saturated rings. The number of aryl methyl sites for hydroxylation is 1. The average Bonchev–Trinajstić information content (AvgIpc) is 2.84. The second kappa shape index (κ2) is 8.70. The molecule has 166 valence electrons. The number of rotatable bonds is 6. The van der Waals surface area contributed by atoms with E-state index >= 15 is 0 Å². The van der Waals surface area contributed by atoms with Gasteiger partial charge in [0.2, 0.25) is 5.88 Å². The minimum atomic E-state index is -0.554. The van der Waals surface area contributed by atoms with Gasteiger partial charge in [0.05, 0.1) is 25.2 Å². The number of methoxy groups -OCH3 is 1. The van der Waals surface area contributed by atoms with Crippen LogP contribution in [0.1, 0.15) is 11.1 Å². The Morgan fingerprint density at radius 2 is 1.91 bits per heavy atom. The zero-order chi connectivity index (χ0) is 22.8. The number of halogens is 1. The fourth-order valence-electron chi connectivity index (χ4n) is 3.72. The van der Waals surface area contributed by atoms with E-state index in [9.17, 15) is 9.18 Å². The normalized spacial score (nSPS) is 11.9. The second-order valence-electron chi connectivity index (χ2n) is 7.42. The highest BCUT2D eigenvalue weighted by Crippen LogP contribution is 2.32. The highest BCUT2D eigenvalue weighted by atomic mass is 19.1. The summed E-state index contributed by atoms with van der Waals surface area (Å²) in [5, 5.41) is 0. The average molecular weight is 446 g/mol. The molecule has 1 aliphatic rings. The van der Waals surface area contributed by atoms with Gasteiger partial charge in [0.1, 0.15) is 18.7 Å². The standard InChI is InChI=1S/C24H19FN4O4/c1-31-17-3-4-19-16(9-17)6-7-29-21(19)10-23(28-24(29)30)32-13-15-2-5-22(20(25)8-15)33-18-11-26-14-27-12-18/h2-5,8-12,14H,6-7,13H2,1H3. The monoisotopic (exact) mass is 446 g/mol. The molecule has 2 aromatic heterocycles. The number of nitrogens with zero attached hydrogens (tertiary/aromatic N) is 4. The molecule has 0 spiro atoms. The van der Waals surface area contributed by atoms with Crippen molar-refractivity contribution in [3.63, 3.8) is 0 Å². The summed E-state index contributed by atoms with van der Waals surface area (Å²) in [6.07, 6.45) is 4.96. The molecule has 0 saturated carbocycles. The van der Waals surface area contributed by atoms with Crippen molar-refractivity contribution in [2.24, 2.45) is 0 Å². The molecule has 0 saturated heterocycles. The van der Waals surface area contributed by atoms with Crippen LogP contribution in [0.15, 0.2) is 66.0 Å². The Morgan fingerprint density at radius 3 is 2.70 bits per heavy atom. The molecular formula is C24H19FN4O4. The summed E-state index contributed by atoms with van der Waals surface area (Å²) in [5.41, 5.74) is 2.93. The minimum absolute atomic E-state index is 0.0387. The largest absolute Gasteiger partial charge is 0.497 e. The van der Waals surface area contributed by atoms with E-state index < -0.39 is 5.82 Å². The molecule has 0 radical (unpaired) electrons. The molecule has 8 nitrogen and oxygen atoms in total. The fraction of sp³-hybridized carbons (Fsp3) is 0.167. The molecule has 0 unspecified atom stereocenters. The molecule has 5 rings (SSSR count). The fourth-order valence-corrected chi connectivity index (χ4v) is 3.72. The summed E-state index contributed by atoms with van der Waals surface area (Å²) in [5.74, 6) is 0.769. The smallest absolute Gasteiger partial charge is 0.351 e. The number of ether oxygens (including phenoxy) is 3. The molecule has 0 N–H and O–H groups in total. The molecule has 1 aliphatic heterocycles. The summed E-state index contributed by atoms with van der Waals surface area (Å²) in [7, 11) is 1.62. The van der Waals surface area contributed by atoms with Crippen molar-refractivity contribution >= 4 is 0 Å². The van der Waals surface area contributed by atoms with E-state index in [-0.39, 0.29) is 23.9 Å². The van der Waals surface area contributed by atoms with Crippen LogP contribution in [0.4, 0.5) is 4.39 Å². The van der Waals surface area contributed by atoms with E-state index in [4.69, 9.17) is 14.2 Å². The molecular weight excluding hydrogens is 427 g/mol. The Hall–Kier alpha value is -4.27. The van der Waals surface area contributed by atoms with E-state index in [1.165, 1.54) is 30.9 Å². The molecule has 4 aromatic rings. The first-order valence-corrected chi connectivity index (χ1v) is 10.2. The van der Waals surface area contributed by atoms with Gasteiger partial charge in [0.25, 0.3) is 0 Å². The maximum atomic E-state index is 14.5. The van der Waals surface area contributed by atoms with Crippen LogP contribution < -0.4 is 19.9 Å². The van der Waals surface area contributed by atoms with E-state index in [1.54, 1.807) is 23.8 Å². The molecule has 0 aliphatic carbocycles. The topological polar surface area (TPSA) is 88.4 Å². The lowest BCUT2D eigenvalue weighted by Gasteiger charge is -2.22. The van der Waals surface area contributed by atoms with Crippen LogP contribution in [0.3, 0.4) is 0 Å². The zero-order valence-corrected chi connectivity index (χ0v) is 17.7. The van der Waals surface area contributed by atoms with Crippen molar-refractivity contribution in [1.29, 1.82) is 0 Å². The van der Waals surface area contributed by atoms with Crippen molar-refractivity contribution < 1.29 is 18.6 Å². The van der Waals surface area contributed by atoms with Crippen molar-refractivity contribution in [1.82, 2.24) is 19.5 Å². The summed E-state index contributed by atoms with van der Waals surface area (Å²) < 4.78 is 32.6. The van der Waals surface area contributed by atoms with Crippen LogP contribution in [-0.2, 0) is 19.6 Å². The predicted octanol–water partition coefficient (Wildman–Crippen LogP) is 3.78. The van der Waals surface area contributed by atoms with Crippen molar-refractivity contribution in [2.75, 3.05) is 7.11 Å². The Kier molecular flexibility index (Phi) is 5.43. The first-order chi connectivity index (χ1) is 16.1. The maximum absolute atomic E-state index is 14.5. The Labute approximate surface area is 188 Å². The second-order valence-corrected chi connectivity index (χ2v) is 7.42. The summed E-state index contributed by atoms with van der Waals surface area (Å²) in [6.45, 7) is 0.567. The molecule has 0 atom stereocenters. The van der Waals surface area contributed by atoms with Crippen molar-refractivity contribution in [3.05, 3.63) is 88.6 Å². The maximum Gasteiger partial charge on any atom is 0.351 e. The minimum Gasteiger partial charge on any atom is -0.497 e. The van der Waals surface area contributed by atoms with Gasteiger partial charge in [0, 0.05) is 18.2 Å². The number of hydrogen-bond donors (Lipinski definition) is 0. The third-order valence-electron chi connectivity index (χ3n) is 5.33. The predicted molar refractivity (Wildman–Crippen MR) is 117 cm³/mol. The molecule has 3 heterocycles. The van der Waals surface area contributed by atoms with E-state index in [1.807, 2.05) is 18.2 Å². The number of benzene rings is 2. The third kappa shape index (κ3) is 4.25. The van der Waals surface area contributed by atoms with E-state index in [0.29, 0.717) is 24.3 Å². The zero-order valence-electron chi connectivity index (χ0n) is 17.7. The molecule has 9 heteroatoms. The van der Waals surface area contributed by atoms with E-state index in [0.717, 1.165) is 22.6 Å². The van der Waals surface area contributed by atoms with Crippen molar-refractivity contribution in [2.45, 2.75) is 19.6 Å². The van der Waals surface area contributed by atoms with Gasteiger partial charge in [-0.05, 0) is 47.9 Å². The first kappa shape index (κ1) is 20.6. The quantitative estimate of drug-likeness (QED) is 0.445. The molecule has 2 aromatic carbocycles. The highest BCUT2D eigenvalue weighted by molar-refractivity contribution is 5.67. The SMILES string of the molecule is COc1ccc2c(c1)CCn1c-2cc(OCc2ccc(Oc3cncnc3)c(F)c2)nc1=O. The van der Waals surface area contributed by atoms with Gasteiger partial charge in [-0.2, -0.15) is 4.98 Å². The highest BCUT2D eigenvalue weighted by Gasteiger charge is 2.19. The van der Waals surface area contributed by atoms with Crippen LogP contribution in [0.25, 0.3) is 11.3 Å². The van der Waals surface area contributed by atoms with Crippen molar-refractivity contribution in [3.8, 4) is 34.4 Å². The Balaban J connectivity index is 1.35. The lowest BCUT2D eigenvalue weighted by atomic mass is 9.97. The van der Waals surface area contributed by atoms with Gasteiger partial charge in [-0.15, -0.1) is 0 Å². The number of hydrogen-bond acceptors (Lipinski definition) is 7. The number of fused-ring (bicyclic) bond motifs is 3. The summed E-state index contributed by atoms with van der Waals surface area (Å²) in [6, 6.07) is 12.0. The third-order valence-corrected chi connectivity index (χ3v) is 5.33. The molecule has 33 heavy (non-hydrogen) atoms. The summed E-state index contributed by atoms with van der Waals surface area (Å²) in [4.78, 5) is 24.3. The van der Waals surface area contributed by atoms with Crippen LogP contribution >= 0.6 is 0 Å². The van der Waals surface area contributed by atoms with Gasteiger partial charge in [-0.25, -0.2) is 19.2 Å².